The van der Waals surface area contributed by atoms with Crippen molar-refractivity contribution < 1.29 is 14.7 Å². The molecule has 2 atom stereocenters. The highest BCUT2D eigenvalue weighted by Gasteiger charge is 2.45. The number of nitrogens with one attached hydrogen (secondary N) is 1. The molecule has 2 amide bonds. The summed E-state index contributed by atoms with van der Waals surface area (Å²) in [5.74, 6) is -0.209. The third-order valence-electron chi connectivity index (χ3n) is 3.07. The van der Waals surface area contributed by atoms with Crippen molar-refractivity contribution in [3.05, 3.63) is 0 Å². The van der Waals surface area contributed by atoms with Crippen LogP contribution in [0.15, 0.2) is 0 Å². The highest BCUT2D eigenvalue weighted by molar-refractivity contribution is 5.84. The summed E-state index contributed by atoms with van der Waals surface area (Å²) in [6.07, 6.45) is 0.902. The lowest BCUT2D eigenvalue weighted by molar-refractivity contribution is -0.122. The fourth-order valence-corrected chi connectivity index (χ4v) is 2.41. The first kappa shape index (κ1) is 12.8. The number of amides is 2. The molecule has 0 aromatic carbocycles. The van der Waals surface area contributed by atoms with Gasteiger partial charge in [-0.2, -0.15) is 0 Å². The normalized spacial score (nSPS) is 19.9. The first-order valence-corrected chi connectivity index (χ1v) is 5.52. The largest absolute Gasteiger partial charge is 0.465 e. The molecule has 0 spiro atoms. The van der Waals surface area contributed by atoms with Crippen LogP contribution < -0.4 is 11.1 Å². The summed E-state index contributed by atoms with van der Waals surface area (Å²) in [5.41, 5.74) is 5.15. The minimum Gasteiger partial charge on any atom is -0.465 e. The van der Waals surface area contributed by atoms with Gasteiger partial charge < -0.3 is 16.2 Å². The second kappa shape index (κ2) is 4.31. The minimum atomic E-state index is -1.20. The van der Waals surface area contributed by atoms with Gasteiger partial charge in [0.25, 0.3) is 0 Å². The Kier molecular flexibility index (Phi) is 3.45. The maximum atomic E-state index is 11.4. The second-order valence-electron chi connectivity index (χ2n) is 5.56. The lowest BCUT2D eigenvalue weighted by atomic mass is 9.73. The molecule has 0 radical (unpaired) electrons. The van der Waals surface area contributed by atoms with Gasteiger partial charge in [0.05, 0.1) is 0 Å². The molecule has 1 aliphatic rings. The number of hydrogen-bond donors (Lipinski definition) is 3. The molecule has 1 fully saturated rings. The summed E-state index contributed by atoms with van der Waals surface area (Å²) < 4.78 is 0. The van der Waals surface area contributed by atoms with Crippen LogP contribution in [0.2, 0.25) is 0 Å². The quantitative estimate of drug-likeness (QED) is 0.674. The standard InChI is InChI=1S/C11H20N2O3/c1-11(2,3)7(6-4-5-6)8(9(12)14)13-10(15)16/h6-8,13H,4-5H2,1-3H3,(H2,12,14)(H,15,16)/t7-,8?/m0/s1. The van der Waals surface area contributed by atoms with E-state index in [-0.39, 0.29) is 11.3 Å². The Morgan fingerprint density at radius 1 is 1.38 bits per heavy atom. The van der Waals surface area contributed by atoms with Crippen LogP contribution in [0.3, 0.4) is 0 Å². The number of hydrogen-bond acceptors (Lipinski definition) is 2. The molecule has 92 valence electrons. The molecule has 4 N–H and O–H groups in total. The van der Waals surface area contributed by atoms with Crippen LogP contribution >= 0.6 is 0 Å². The number of carbonyl (C=O) groups excluding carboxylic acids is 1. The van der Waals surface area contributed by atoms with Gasteiger partial charge in [-0.25, -0.2) is 4.79 Å². The third kappa shape index (κ3) is 3.12. The van der Waals surface area contributed by atoms with E-state index in [0.717, 1.165) is 12.8 Å². The zero-order chi connectivity index (χ0) is 12.5. The van der Waals surface area contributed by atoms with E-state index >= 15 is 0 Å². The minimum absolute atomic E-state index is 0.0268. The van der Waals surface area contributed by atoms with Crippen molar-refractivity contribution in [3.63, 3.8) is 0 Å². The smallest absolute Gasteiger partial charge is 0.405 e. The lowest BCUT2D eigenvalue weighted by Crippen LogP contribution is -2.53. The van der Waals surface area contributed by atoms with Crippen LogP contribution in [0.1, 0.15) is 33.6 Å². The van der Waals surface area contributed by atoms with E-state index in [2.05, 4.69) is 5.32 Å². The summed E-state index contributed by atoms with van der Waals surface area (Å²) in [6.45, 7) is 6.03. The number of primary amides is 1. The van der Waals surface area contributed by atoms with E-state index in [9.17, 15) is 9.59 Å². The van der Waals surface area contributed by atoms with Gasteiger partial charge in [0, 0.05) is 0 Å². The van der Waals surface area contributed by atoms with Crippen LogP contribution in [0.25, 0.3) is 0 Å². The molecule has 0 heterocycles. The SMILES string of the molecule is CC(C)(C)[C@@H](C1CC1)C(NC(=O)O)C(N)=O. The lowest BCUT2D eigenvalue weighted by Gasteiger charge is -2.35. The summed E-state index contributed by atoms with van der Waals surface area (Å²) in [6, 6.07) is -0.787. The molecule has 5 nitrogen and oxygen atoms in total. The predicted molar refractivity (Wildman–Crippen MR) is 59.8 cm³/mol. The van der Waals surface area contributed by atoms with Crippen molar-refractivity contribution in [1.29, 1.82) is 0 Å². The predicted octanol–water partition coefficient (Wildman–Crippen LogP) is 1.18. The molecule has 0 aliphatic heterocycles. The average Bonchev–Trinajstić information content (AvgIpc) is 2.83. The van der Waals surface area contributed by atoms with Gasteiger partial charge in [-0.1, -0.05) is 20.8 Å². The molecule has 0 saturated heterocycles. The molecule has 1 saturated carbocycles. The van der Waals surface area contributed by atoms with E-state index in [4.69, 9.17) is 10.8 Å². The fourth-order valence-electron chi connectivity index (χ4n) is 2.41. The molecule has 0 aromatic rings. The Morgan fingerprint density at radius 2 is 1.88 bits per heavy atom. The van der Waals surface area contributed by atoms with E-state index in [1.54, 1.807) is 0 Å². The van der Waals surface area contributed by atoms with Gasteiger partial charge in [0.2, 0.25) is 5.91 Å². The highest BCUT2D eigenvalue weighted by Crippen LogP contribution is 2.47. The van der Waals surface area contributed by atoms with Gasteiger partial charge in [-0.15, -0.1) is 0 Å². The summed E-state index contributed by atoms with van der Waals surface area (Å²) in [5, 5.41) is 11.0. The molecular formula is C11H20N2O3. The molecule has 1 aliphatic carbocycles. The number of carboxylic acid groups (broad SMARTS) is 1. The zero-order valence-electron chi connectivity index (χ0n) is 9.99. The van der Waals surface area contributed by atoms with Gasteiger partial charge >= 0.3 is 6.09 Å². The zero-order valence-corrected chi connectivity index (χ0v) is 9.99. The Bertz CT molecular complexity index is 292. The fraction of sp³-hybridized carbons (Fsp3) is 0.818. The van der Waals surface area contributed by atoms with Gasteiger partial charge in [0.15, 0.2) is 0 Å². The molecule has 0 bridgehead atoms. The Labute approximate surface area is 95.4 Å². The second-order valence-corrected chi connectivity index (χ2v) is 5.56. The molecule has 16 heavy (non-hydrogen) atoms. The monoisotopic (exact) mass is 228 g/mol. The maximum absolute atomic E-state index is 11.4. The molecule has 5 heteroatoms. The van der Waals surface area contributed by atoms with Gasteiger partial charge in [0.1, 0.15) is 6.04 Å². The Hall–Kier alpha value is -1.26. The van der Waals surface area contributed by atoms with Gasteiger partial charge in [-0.05, 0) is 30.1 Å². The Balaban J connectivity index is 2.87. The summed E-state index contributed by atoms with van der Waals surface area (Å²) in [4.78, 5) is 22.0. The number of nitrogens with two attached hydrogens (primary N) is 1. The van der Waals surface area contributed by atoms with Crippen molar-refractivity contribution in [3.8, 4) is 0 Å². The van der Waals surface area contributed by atoms with Crippen LogP contribution in [0, 0.1) is 17.3 Å². The van der Waals surface area contributed by atoms with Gasteiger partial charge in [-0.3, -0.25) is 4.79 Å². The van der Waals surface area contributed by atoms with Crippen molar-refractivity contribution in [2.75, 3.05) is 0 Å². The van der Waals surface area contributed by atoms with Crippen molar-refractivity contribution in [2.24, 2.45) is 23.0 Å². The number of carbonyl (C=O) groups is 2. The van der Waals surface area contributed by atoms with E-state index in [0.29, 0.717) is 5.92 Å². The topological polar surface area (TPSA) is 92.4 Å². The van der Waals surface area contributed by atoms with E-state index in [1.165, 1.54) is 0 Å². The molecule has 0 aromatic heterocycles. The summed E-state index contributed by atoms with van der Waals surface area (Å²) in [7, 11) is 0. The first-order chi connectivity index (χ1) is 7.23. The van der Waals surface area contributed by atoms with Crippen molar-refractivity contribution >= 4 is 12.0 Å². The van der Waals surface area contributed by atoms with Crippen LogP contribution in [-0.2, 0) is 4.79 Å². The van der Waals surface area contributed by atoms with Crippen molar-refractivity contribution in [2.45, 2.75) is 39.7 Å². The van der Waals surface area contributed by atoms with E-state index < -0.39 is 18.0 Å². The number of rotatable bonds is 4. The Morgan fingerprint density at radius 3 is 2.12 bits per heavy atom. The molecular weight excluding hydrogens is 208 g/mol. The van der Waals surface area contributed by atoms with Crippen molar-refractivity contribution in [1.82, 2.24) is 5.32 Å². The maximum Gasteiger partial charge on any atom is 0.405 e. The molecule has 1 unspecified atom stereocenters. The summed E-state index contributed by atoms with van der Waals surface area (Å²) >= 11 is 0. The molecule has 1 rings (SSSR count). The highest BCUT2D eigenvalue weighted by atomic mass is 16.4. The van der Waals surface area contributed by atoms with E-state index in [1.807, 2.05) is 20.8 Å². The third-order valence-corrected chi connectivity index (χ3v) is 3.07. The van der Waals surface area contributed by atoms with Crippen LogP contribution in [0.5, 0.6) is 0 Å². The van der Waals surface area contributed by atoms with Crippen LogP contribution in [-0.4, -0.2) is 23.1 Å². The van der Waals surface area contributed by atoms with Crippen LogP contribution in [0.4, 0.5) is 4.79 Å². The average molecular weight is 228 g/mol. The first-order valence-electron chi connectivity index (χ1n) is 5.52.